The van der Waals surface area contributed by atoms with E-state index >= 15 is 0 Å². The molecule has 0 radical (unpaired) electrons. The van der Waals surface area contributed by atoms with Crippen LogP contribution in [0, 0.1) is 6.92 Å². The number of nitrogens with one attached hydrogen (secondary N) is 1. The number of carboxylic acids is 1. The summed E-state index contributed by atoms with van der Waals surface area (Å²) in [5, 5.41) is 12.5. The molecule has 0 amide bonds. The maximum Gasteiger partial charge on any atom is 0.322 e. The van der Waals surface area contributed by atoms with Crippen LogP contribution < -0.4 is 10.1 Å². The predicted molar refractivity (Wildman–Crippen MR) is 73.8 cm³/mol. The van der Waals surface area contributed by atoms with E-state index in [1.165, 1.54) is 0 Å². The maximum absolute atomic E-state index is 10.7. The van der Waals surface area contributed by atoms with Crippen LogP contribution in [0.2, 0.25) is 0 Å². The maximum atomic E-state index is 10.7. The van der Waals surface area contributed by atoms with Crippen LogP contribution in [0.4, 0.5) is 5.69 Å². The molecule has 0 saturated heterocycles. The van der Waals surface area contributed by atoms with Crippen molar-refractivity contribution in [2.45, 2.75) is 13.8 Å². The summed E-state index contributed by atoms with van der Waals surface area (Å²) in [6.45, 7) is 4.22. The van der Waals surface area contributed by atoms with E-state index in [9.17, 15) is 4.79 Å². The van der Waals surface area contributed by atoms with Crippen molar-refractivity contribution in [3.8, 4) is 5.75 Å². The van der Waals surface area contributed by atoms with E-state index in [0.717, 1.165) is 22.3 Å². The molecule has 1 aromatic heterocycles. The number of hydrogen-bond acceptors (Lipinski definition) is 4. The first-order chi connectivity index (χ1) is 9.11. The molecule has 0 atom stereocenters. The van der Waals surface area contributed by atoms with Crippen molar-refractivity contribution in [2.24, 2.45) is 0 Å². The number of para-hydroxylation sites is 1. The highest BCUT2D eigenvalue weighted by Crippen LogP contribution is 2.29. The van der Waals surface area contributed by atoms with Crippen molar-refractivity contribution in [1.29, 1.82) is 0 Å². The van der Waals surface area contributed by atoms with Gasteiger partial charge in [-0.15, -0.1) is 0 Å². The Morgan fingerprint density at radius 3 is 2.95 bits per heavy atom. The monoisotopic (exact) mass is 260 g/mol. The van der Waals surface area contributed by atoms with Gasteiger partial charge in [-0.05, 0) is 26.0 Å². The Balaban J connectivity index is 2.51. The normalized spacial score (nSPS) is 10.4. The van der Waals surface area contributed by atoms with Crippen molar-refractivity contribution in [3.05, 3.63) is 30.0 Å². The molecule has 5 heteroatoms. The lowest BCUT2D eigenvalue weighted by atomic mass is 10.1. The van der Waals surface area contributed by atoms with Crippen molar-refractivity contribution in [2.75, 3.05) is 18.5 Å². The van der Waals surface area contributed by atoms with Gasteiger partial charge in [-0.25, -0.2) is 4.98 Å². The van der Waals surface area contributed by atoms with Gasteiger partial charge in [0.1, 0.15) is 17.8 Å². The van der Waals surface area contributed by atoms with Crippen LogP contribution >= 0.6 is 0 Å². The Labute approximate surface area is 111 Å². The molecular weight excluding hydrogens is 244 g/mol. The summed E-state index contributed by atoms with van der Waals surface area (Å²) >= 11 is 0. The zero-order valence-corrected chi connectivity index (χ0v) is 10.9. The average molecular weight is 260 g/mol. The Bertz CT molecular complexity index is 611. The predicted octanol–water partition coefficient (Wildman–Crippen LogP) is 2.44. The second-order valence-corrected chi connectivity index (χ2v) is 4.14. The fourth-order valence-electron chi connectivity index (χ4n) is 1.94. The smallest absolute Gasteiger partial charge is 0.322 e. The lowest BCUT2D eigenvalue weighted by Crippen LogP contribution is -2.13. The van der Waals surface area contributed by atoms with Gasteiger partial charge < -0.3 is 15.2 Å². The molecule has 0 aliphatic rings. The summed E-state index contributed by atoms with van der Waals surface area (Å²) in [7, 11) is 0. The Morgan fingerprint density at radius 2 is 2.26 bits per heavy atom. The molecule has 0 aliphatic heterocycles. The number of aromatic nitrogens is 1. The number of pyridine rings is 1. The van der Waals surface area contributed by atoms with Crippen LogP contribution in [-0.4, -0.2) is 29.2 Å². The van der Waals surface area contributed by atoms with E-state index in [1.807, 2.05) is 38.1 Å². The quantitative estimate of drug-likeness (QED) is 0.864. The topological polar surface area (TPSA) is 71.5 Å². The molecule has 2 rings (SSSR count). The number of nitrogens with zero attached hydrogens (tertiary/aromatic N) is 1. The van der Waals surface area contributed by atoms with Gasteiger partial charge in [0.15, 0.2) is 0 Å². The molecule has 0 unspecified atom stereocenters. The first-order valence-corrected chi connectivity index (χ1v) is 6.10. The molecule has 1 heterocycles. The number of hydrogen-bond donors (Lipinski definition) is 2. The third kappa shape index (κ3) is 2.93. The zero-order valence-electron chi connectivity index (χ0n) is 10.9. The van der Waals surface area contributed by atoms with Crippen LogP contribution in [0.25, 0.3) is 10.9 Å². The van der Waals surface area contributed by atoms with Gasteiger partial charge in [0.05, 0.1) is 6.61 Å². The van der Waals surface area contributed by atoms with Crippen LogP contribution in [0.15, 0.2) is 24.3 Å². The molecule has 5 nitrogen and oxygen atoms in total. The van der Waals surface area contributed by atoms with Crippen LogP contribution in [-0.2, 0) is 4.79 Å². The number of rotatable bonds is 5. The number of carbonyl (C=O) groups is 1. The minimum atomic E-state index is -0.899. The summed E-state index contributed by atoms with van der Waals surface area (Å²) in [4.78, 5) is 15.1. The number of fused-ring (bicyclic) bond motifs is 1. The molecule has 0 fully saturated rings. The van der Waals surface area contributed by atoms with Crippen molar-refractivity contribution in [3.63, 3.8) is 0 Å². The Kier molecular flexibility index (Phi) is 3.85. The summed E-state index contributed by atoms with van der Waals surface area (Å²) in [5.41, 5.74) is 2.32. The van der Waals surface area contributed by atoms with Gasteiger partial charge in [0.25, 0.3) is 0 Å². The second kappa shape index (κ2) is 5.56. The lowest BCUT2D eigenvalue weighted by molar-refractivity contribution is -0.134. The summed E-state index contributed by atoms with van der Waals surface area (Å²) in [5.74, 6) is -0.189. The molecular formula is C14H16N2O3. The molecule has 1 aromatic carbocycles. The van der Waals surface area contributed by atoms with Crippen molar-refractivity contribution < 1.29 is 14.6 Å². The third-order valence-corrected chi connectivity index (χ3v) is 2.66. The number of anilines is 1. The molecule has 0 spiro atoms. The van der Waals surface area contributed by atoms with E-state index in [0.29, 0.717) is 12.4 Å². The Hall–Kier alpha value is -2.30. The fourth-order valence-corrected chi connectivity index (χ4v) is 1.94. The van der Waals surface area contributed by atoms with E-state index < -0.39 is 5.97 Å². The summed E-state index contributed by atoms with van der Waals surface area (Å²) in [6, 6.07) is 7.46. The second-order valence-electron chi connectivity index (χ2n) is 4.14. The highest BCUT2D eigenvalue weighted by atomic mass is 16.5. The standard InChI is InChI=1S/C14H16N2O3/c1-3-19-12-6-4-5-10-11(15-8-13(17)18)7-9(2)16-14(10)12/h4-7H,3,8H2,1-2H3,(H,15,16)(H,17,18). The van der Waals surface area contributed by atoms with Gasteiger partial charge >= 0.3 is 5.97 Å². The highest BCUT2D eigenvalue weighted by molar-refractivity contribution is 5.95. The molecule has 2 aromatic rings. The largest absolute Gasteiger partial charge is 0.492 e. The zero-order chi connectivity index (χ0) is 13.8. The van der Waals surface area contributed by atoms with Crippen molar-refractivity contribution >= 4 is 22.6 Å². The van der Waals surface area contributed by atoms with Crippen molar-refractivity contribution in [1.82, 2.24) is 4.98 Å². The van der Waals surface area contributed by atoms with Gasteiger partial charge in [-0.2, -0.15) is 0 Å². The first-order valence-electron chi connectivity index (χ1n) is 6.10. The summed E-state index contributed by atoms with van der Waals surface area (Å²) < 4.78 is 5.55. The molecule has 0 saturated carbocycles. The van der Waals surface area contributed by atoms with Crippen LogP contribution in [0.5, 0.6) is 5.75 Å². The van der Waals surface area contributed by atoms with E-state index in [2.05, 4.69) is 10.3 Å². The van der Waals surface area contributed by atoms with Gasteiger partial charge in [-0.1, -0.05) is 12.1 Å². The highest BCUT2D eigenvalue weighted by Gasteiger charge is 2.09. The molecule has 19 heavy (non-hydrogen) atoms. The fraction of sp³-hybridized carbons (Fsp3) is 0.286. The van der Waals surface area contributed by atoms with Crippen LogP contribution in [0.1, 0.15) is 12.6 Å². The third-order valence-electron chi connectivity index (χ3n) is 2.66. The Morgan fingerprint density at radius 1 is 1.47 bits per heavy atom. The van der Waals surface area contributed by atoms with E-state index in [4.69, 9.17) is 9.84 Å². The molecule has 0 aliphatic carbocycles. The molecule has 0 bridgehead atoms. The first kappa shape index (κ1) is 13.1. The minimum absolute atomic E-state index is 0.128. The lowest BCUT2D eigenvalue weighted by Gasteiger charge is -2.12. The molecule has 100 valence electrons. The SMILES string of the molecule is CCOc1cccc2c(NCC(=O)O)cc(C)nc12. The van der Waals surface area contributed by atoms with E-state index in [-0.39, 0.29) is 6.54 Å². The van der Waals surface area contributed by atoms with E-state index in [1.54, 1.807) is 0 Å². The van der Waals surface area contributed by atoms with Crippen LogP contribution in [0.3, 0.4) is 0 Å². The molecule has 2 N–H and O–H groups in total. The van der Waals surface area contributed by atoms with Gasteiger partial charge in [0.2, 0.25) is 0 Å². The average Bonchev–Trinajstić information content (AvgIpc) is 2.37. The number of benzene rings is 1. The number of aliphatic carboxylic acids is 1. The number of aryl methyl sites for hydroxylation is 1. The number of carboxylic acid groups (broad SMARTS) is 1. The number of ether oxygens (including phenoxy) is 1. The van der Waals surface area contributed by atoms with Gasteiger partial charge in [-0.3, -0.25) is 4.79 Å². The minimum Gasteiger partial charge on any atom is -0.492 e. The van der Waals surface area contributed by atoms with Gasteiger partial charge in [0, 0.05) is 16.8 Å². The summed E-state index contributed by atoms with van der Waals surface area (Å²) in [6.07, 6.45) is 0.